The highest BCUT2D eigenvalue weighted by atomic mass is 14.6. The normalized spacial score (nSPS) is 14.8. The highest BCUT2D eigenvalue weighted by Gasteiger charge is 2.55. The average Bonchev–Trinajstić information content (AvgIpc) is 1.54. The Morgan fingerprint density at radius 2 is 0.267 bits per heavy atom. The van der Waals surface area contributed by atoms with Crippen molar-refractivity contribution in [2.24, 2.45) is 0 Å². The lowest BCUT2D eigenvalue weighted by molar-refractivity contribution is 0.790. The topological polar surface area (TPSA) is 0 Å². The van der Waals surface area contributed by atoms with Gasteiger partial charge in [-0.25, -0.2) is 0 Å². The Morgan fingerprint density at radius 3 is 0.422 bits per heavy atom. The molecule has 0 atom stereocenters. The molecule has 426 valence electrons. The van der Waals surface area contributed by atoms with Gasteiger partial charge in [-0.3, -0.25) is 0 Å². The summed E-state index contributed by atoms with van der Waals surface area (Å²) in [6.07, 6.45) is 0. The van der Waals surface area contributed by atoms with Crippen LogP contribution in [0, 0.1) is 62.3 Å². The predicted octanol–water partition coefficient (Wildman–Crippen LogP) is 22.5. The second kappa shape index (κ2) is 17.8. The highest BCUT2D eigenvalue weighted by molar-refractivity contribution is 6.01. The third-order valence-electron chi connectivity index (χ3n) is 22.2. The van der Waals surface area contributed by atoms with Gasteiger partial charge >= 0.3 is 0 Å². The number of rotatable bonds is 3. The van der Waals surface area contributed by atoms with E-state index in [1.165, 1.54) is 217 Å². The average molecular weight is 1150 g/mol. The lowest BCUT2D eigenvalue weighted by atomic mass is 9.69. The van der Waals surface area contributed by atoms with Gasteiger partial charge in [0.15, 0.2) is 0 Å². The van der Waals surface area contributed by atoms with Crippen molar-refractivity contribution in [3.8, 4) is 100 Å². The van der Waals surface area contributed by atoms with Crippen molar-refractivity contribution in [1.29, 1.82) is 0 Å². The zero-order valence-electron chi connectivity index (χ0n) is 52.5. The molecule has 3 spiro atoms. The van der Waals surface area contributed by atoms with E-state index in [0.29, 0.717) is 0 Å². The molecule has 0 amide bonds. The fraction of sp³-hybridized carbons (Fsp3) is 0.133. The summed E-state index contributed by atoms with van der Waals surface area (Å²) in [4.78, 5) is 0. The monoisotopic (exact) mass is 1150 g/mol. The van der Waals surface area contributed by atoms with Gasteiger partial charge in [0, 0.05) is 0 Å². The molecule has 90 heavy (non-hydrogen) atoms. The Bertz CT molecular complexity index is 4700. The van der Waals surface area contributed by atoms with Gasteiger partial charge in [0.05, 0.1) is 16.2 Å². The standard InChI is InChI=1S/C90H66/c1-49-10-22-64-65-23-11-50(2)35-77(65)88(76(64)34-49)82-40-55(7)16-28-70(82)73-31-19-58(46-85(73)88)61-43-62(59-20-32-74-71-29-17-56(8)41-83(71)89(86(74)47-59)78-36-51(3)12-24-66(78)67-25-13-52(4)37-79(67)89)45-63(44-61)60-21-33-75-72-30-18-57(9)42-84(72)90(87(75)48-60)80-38-53(5)14-26-68(80)69-27-15-54(6)39-81(69)90/h10-48H,1-9H3. The Morgan fingerprint density at radius 1 is 0.133 bits per heavy atom. The Labute approximate surface area is 528 Å². The molecule has 6 aliphatic carbocycles. The summed E-state index contributed by atoms with van der Waals surface area (Å²) < 4.78 is 0. The first kappa shape index (κ1) is 51.9. The summed E-state index contributed by atoms with van der Waals surface area (Å²) >= 11 is 0. The van der Waals surface area contributed by atoms with Crippen molar-refractivity contribution >= 4 is 0 Å². The van der Waals surface area contributed by atoms with E-state index in [4.69, 9.17) is 0 Å². The van der Waals surface area contributed by atoms with Crippen LogP contribution >= 0.6 is 0 Å². The van der Waals surface area contributed by atoms with E-state index >= 15 is 0 Å². The van der Waals surface area contributed by atoms with Crippen molar-refractivity contribution < 1.29 is 0 Å². The van der Waals surface area contributed by atoms with Gasteiger partial charge in [-0.1, -0.05) is 250 Å². The van der Waals surface area contributed by atoms with Crippen molar-refractivity contribution in [3.63, 3.8) is 0 Å². The summed E-state index contributed by atoms with van der Waals surface area (Å²) in [5.74, 6) is 0. The minimum Gasteiger partial charge on any atom is -0.0587 e. The van der Waals surface area contributed by atoms with Crippen LogP contribution in [0.5, 0.6) is 0 Å². The molecule has 0 heterocycles. The Balaban J connectivity index is 0.884. The molecule has 13 aromatic carbocycles. The lowest BCUT2D eigenvalue weighted by Crippen LogP contribution is -2.26. The third-order valence-corrected chi connectivity index (χ3v) is 22.2. The fourth-order valence-corrected chi connectivity index (χ4v) is 18.4. The van der Waals surface area contributed by atoms with Gasteiger partial charge in [-0.15, -0.1) is 0 Å². The molecule has 0 N–H and O–H groups in total. The van der Waals surface area contributed by atoms with Gasteiger partial charge in [0.2, 0.25) is 0 Å². The summed E-state index contributed by atoms with van der Waals surface area (Å²) in [7, 11) is 0. The highest BCUT2D eigenvalue weighted by Crippen LogP contribution is 2.67. The molecule has 0 radical (unpaired) electrons. The van der Waals surface area contributed by atoms with E-state index in [1.54, 1.807) is 0 Å². The summed E-state index contributed by atoms with van der Waals surface area (Å²) in [6.45, 7) is 20.4. The van der Waals surface area contributed by atoms with E-state index in [2.05, 4.69) is 299 Å². The number of fused-ring (bicyclic) bond motifs is 30. The molecule has 0 aliphatic heterocycles. The van der Waals surface area contributed by atoms with E-state index in [1.807, 2.05) is 0 Å². The van der Waals surface area contributed by atoms with E-state index in [9.17, 15) is 0 Å². The number of aryl methyl sites for hydroxylation is 9. The Kier molecular flexibility index (Phi) is 10.3. The van der Waals surface area contributed by atoms with Crippen LogP contribution in [0.25, 0.3) is 100 Å². The Hall–Kier alpha value is -10.1. The first-order valence-corrected chi connectivity index (χ1v) is 32.3. The molecular formula is C90H66. The number of hydrogen-bond acceptors (Lipinski definition) is 0. The molecule has 19 rings (SSSR count). The molecule has 0 fully saturated rings. The third kappa shape index (κ3) is 6.51. The van der Waals surface area contributed by atoms with E-state index < -0.39 is 16.2 Å². The first-order valence-electron chi connectivity index (χ1n) is 32.3. The largest absolute Gasteiger partial charge is 0.0726 e. The first-order chi connectivity index (χ1) is 43.7. The van der Waals surface area contributed by atoms with Gasteiger partial charge in [0.25, 0.3) is 0 Å². The van der Waals surface area contributed by atoms with Crippen LogP contribution in [0.2, 0.25) is 0 Å². The van der Waals surface area contributed by atoms with Crippen molar-refractivity contribution in [3.05, 3.63) is 353 Å². The van der Waals surface area contributed by atoms with Crippen LogP contribution < -0.4 is 0 Å². The molecule has 0 nitrogen and oxygen atoms in total. The fourth-order valence-electron chi connectivity index (χ4n) is 18.4. The minimum atomic E-state index is -0.492. The molecular weight excluding hydrogens is 1080 g/mol. The van der Waals surface area contributed by atoms with E-state index in [0.717, 1.165) is 0 Å². The minimum absolute atomic E-state index is 0.492. The molecule has 0 heteroatoms. The lowest BCUT2D eigenvalue weighted by Gasteiger charge is -2.32. The SMILES string of the molecule is Cc1ccc2c(c1)C1(c3cc(C)ccc3-2)c2cc(C)ccc2-c2ccc(-c3cc(-c4ccc5c(c4)C4(c6cc(C)ccc6-c6ccc(C)cc64)c4cc(C)ccc4-5)cc(-c4ccc5c(c4)C4(c6cc(C)ccc6-c6ccc(C)cc64)c4cc(C)ccc4-5)c3)cc21. The predicted molar refractivity (Wildman–Crippen MR) is 374 cm³/mol. The number of benzene rings is 13. The van der Waals surface area contributed by atoms with Crippen LogP contribution in [-0.4, -0.2) is 0 Å². The van der Waals surface area contributed by atoms with Gasteiger partial charge in [-0.2, -0.15) is 0 Å². The van der Waals surface area contributed by atoms with Crippen molar-refractivity contribution in [2.75, 3.05) is 0 Å². The van der Waals surface area contributed by atoms with Crippen LogP contribution in [0.15, 0.2) is 237 Å². The maximum Gasteiger partial charge on any atom is 0.0726 e. The van der Waals surface area contributed by atoms with Crippen LogP contribution in [0.1, 0.15) is 117 Å². The summed E-state index contributed by atoms with van der Waals surface area (Å²) in [5.41, 5.74) is 49.7. The van der Waals surface area contributed by atoms with E-state index in [-0.39, 0.29) is 0 Å². The second-order valence-electron chi connectivity index (χ2n) is 27.8. The van der Waals surface area contributed by atoms with Crippen LogP contribution in [0.4, 0.5) is 0 Å². The summed E-state index contributed by atoms with van der Waals surface area (Å²) in [6, 6.07) is 94.7. The molecule has 0 bridgehead atoms. The summed E-state index contributed by atoms with van der Waals surface area (Å²) in [5, 5.41) is 0. The number of hydrogen-bond donors (Lipinski definition) is 0. The van der Waals surface area contributed by atoms with Gasteiger partial charge in [-0.05, 0) is 266 Å². The molecule has 0 aromatic heterocycles. The van der Waals surface area contributed by atoms with Crippen LogP contribution in [0.3, 0.4) is 0 Å². The second-order valence-corrected chi connectivity index (χ2v) is 27.8. The zero-order valence-corrected chi connectivity index (χ0v) is 52.5. The zero-order chi connectivity index (χ0) is 60.6. The smallest absolute Gasteiger partial charge is 0.0587 e. The molecule has 0 saturated heterocycles. The van der Waals surface area contributed by atoms with Gasteiger partial charge in [0.1, 0.15) is 0 Å². The maximum atomic E-state index is 2.60. The molecule has 0 unspecified atom stereocenters. The molecule has 6 aliphatic rings. The van der Waals surface area contributed by atoms with Crippen molar-refractivity contribution in [2.45, 2.75) is 78.6 Å². The molecule has 13 aromatic rings. The van der Waals surface area contributed by atoms with Crippen LogP contribution in [-0.2, 0) is 16.2 Å². The maximum absolute atomic E-state index is 2.60. The van der Waals surface area contributed by atoms with Gasteiger partial charge < -0.3 is 0 Å². The quantitative estimate of drug-likeness (QED) is 0.165. The van der Waals surface area contributed by atoms with Crippen molar-refractivity contribution in [1.82, 2.24) is 0 Å². The molecule has 0 saturated carbocycles.